The zero-order chi connectivity index (χ0) is 11.8. The number of methoxy groups -OCH3 is 1. The predicted molar refractivity (Wildman–Crippen MR) is 68.2 cm³/mol. The normalized spacial score (nSPS) is 10.6. The van der Waals surface area contributed by atoms with Gasteiger partial charge in [-0.15, -0.1) is 6.42 Å². The van der Waals surface area contributed by atoms with Gasteiger partial charge >= 0.3 is 0 Å². The second-order valence-corrected chi connectivity index (χ2v) is 3.76. The van der Waals surface area contributed by atoms with Crippen LogP contribution >= 0.6 is 0 Å². The SMILES string of the molecule is C#Cc1cccc2oc3c(OC)cccc3c12. The summed E-state index contributed by atoms with van der Waals surface area (Å²) in [5.41, 5.74) is 2.38. The van der Waals surface area contributed by atoms with Crippen molar-refractivity contribution in [3.63, 3.8) is 0 Å². The number of furan rings is 1. The van der Waals surface area contributed by atoms with Crippen molar-refractivity contribution in [2.75, 3.05) is 7.11 Å². The van der Waals surface area contributed by atoms with E-state index in [1.807, 2.05) is 36.4 Å². The molecule has 0 fully saturated rings. The predicted octanol–water partition coefficient (Wildman–Crippen LogP) is 3.58. The van der Waals surface area contributed by atoms with Crippen molar-refractivity contribution in [1.82, 2.24) is 0 Å². The molecule has 82 valence electrons. The first-order chi connectivity index (χ1) is 8.35. The topological polar surface area (TPSA) is 22.4 Å². The van der Waals surface area contributed by atoms with Crippen LogP contribution in [0.4, 0.5) is 0 Å². The molecule has 0 aliphatic rings. The summed E-state index contributed by atoms with van der Waals surface area (Å²) in [6.07, 6.45) is 5.51. The fraction of sp³-hybridized carbons (Fsp3) is 0.0667. The molecule has 3 rings (SSSR count). The van der Waals surface area contributed by atoms with Gasteiger partial charge < -0.3 is 9.15 Å². The summed E-state index contributed by atoms with van der Waals surface area (Å²) in [5, 5.41) is 1.97. The van der Waals surface area contributed by atoms with E-state index in [0.29, 0.717) is 0 Å². The van der Waals surface area contributed by atoms with Crippen LogP contribution in [0.3, 0.4) is 0 Å². The summed E-state index contributed by atoms with van der Waals surface area (Å²) < 4.78 is 11.1. The van der Waals surface area contributed by atoms with Gasteiger partial charge in [0.1, 0.15) is 5.58 Å². The van der Waals surface area contributed by atoms with Gasteiger partial charge in [-0.2, -0.15) is 0 Å². The fourth-order valence-electron chi connectivity index (χ4n) is 2.10. The van der Waals surface area contributed by atoms with Gasteiger partial charge in [-0.1, -0.05) is 24.1 Å². The van der Waals surface area contributed by atoms with E-state index in [4.69, 9.17) is 15.6 Å². The Kier molecular flexibility index (Phi) is 2.06. The number of hydrogen-bond acceptors (Lipinski definition) is 2. The first-order valence-corrected chi connectivity index (χ1v) is 5.30. The van der Waals surface area contributed by atoms with Crippen LogP contribution in [0.25, 0.3) is 21.9 Å². The van der Waals surface area contributed by atoms with Crippen LogP contribution in [-0.4, -0.2) is 7.11 Å². The zero-order valence-corrected chi connectivity index (χ0v) is 9.36. The summed E-state index contributed by atoms with van der Waals surface area (Å²) in [6, 6.07) is 11.5. The number of ether oxygens (including phenoxy) is 1. The van der Waals surface area contributed by atoms with E-state index in [-0.39, 0.29) is 0 Å². The van der Waals surface area contributed by atoms with E-state index in [0.717, 1.165) is 33.3 Å². The Labute approximate surface area is 98.8 Å². The molecular formula is C15H10O2. The summed E-state index contributed by atoms with van der Waals surface area (Å²) >= 11 is 0. The minimum atomic E-state index is 0.724. The molecule has 0 amide bonds. The summed E-state index contributed by atoms with van der Waals surface area (Å²) in [5.74, 6) is 3.41. The molecule has 17 heavy (non-hydrogen) atoms. The molecule has 0 atom stereocenters. The minimum absolute atomic E-state index is 0.724. The standard InChI is InChI=1S/C15H10O2/c1-3-10-6-4-8-12-14(10)11-7-5-9-13(16-2)15(11)17-12/h1,4-9H,2H3. The summed E-state index contributed by atoms with van der Waals surface area (Å²) in [6.45, 7) is 0. The lowest BCUT2D eigenvalue weighted by atomic mass is 10.1. The van der Waals surface area contributed by atoms with Gasteiger partial charge in [0.15, 0.2) is 11.3 Å². The third kappa shape index (κ3) is 1.29. The van der Waals surface area contributed by atoms with Crippen LogP contribution in [-0.2, 0) is 0 Å². The largest absolute Gasteiger partial charge is 0.493 e. The number of terminal acetylenes is 1. The van der Waals surface area contributed by atoms with Gasteiger partial charge in [0.25, 0.3) is 0 Å². The molecule has 0 unspecified atom stereocenters. The quantitative estimate of drug-likeness (QED) is 0.587. The summed E-state index contributed by atoms with van der Waals surface area (Å²) in [7, 11) is 1.63. The number of para-hydroxylation sites is 1. The van der Waals surface area contributed by atoms with Crippen LogP contribution in [0.1, 0.15) is 5.56 Å². The maximum atomic E-state index is 5.80. The molecule has 1 heterocycles. The molecule has 0 spiro atoms. The number of benzene rings is 2. The Hall–Kier alpha value is -2.40. The second-order valence-electron chi connectivity index (χ2n) is 3.76. The van der Waals surface area contributed by atoms with Gasteiger partial charge in [0.05, 0.1) is 7.11 Å². The Morgan fingerprint density at radius 2 is 2.00 bits per heavy atom. The highest BCUT2D eigenvalue weighted by Gasteiger charge is 2.12. The Balaban J connectivity index is 2.56. The maximum Gasteiger partial charge on any atom is 0.177 e. The smallest absolute Gasteiger partial charge is 0.177 e. The molecule has 0 bridgehead atoms. The van der Waals surface area contributed by atoms with E-state index >= 15 is 0 Å². The first-order valence-electron chi connectivity index (χ1n) is 5.30. The molecule has 1 aromatic heterocycles. The summed E-state index contributed by atoms with van der Waals surface area (Å²) in [4.78, 5) is 0. The molecule has 3 aromatic rings. The van der Waals surface area contributed by atoms with Gasteiger partial charge in [0, 0.05) is 16.3 Å². The average Bonchev–Trinajstić information content (AvgIpc) is 2.76. The average molecular weight is 222 g/mol. The van der Waals surface area contributed by atoms with E-state index in [9.17, 15) is 0 Å². The van der Waals surface area contributed by atoms with Crippen molar-refractivity contribution in [3.8, 4) is 18.1 Å². The van der Waals surface area contributed by atoms with E-state index < -0.39 is 0 Å². The Bertz CT molecular complexity index is 745. The fourth-order valence-corrected chi connectivity index (χ4v) is 2.10. The van der Waals surface area contributed by atoms with E-state index in [2.05, 4.69) is 5.92 Å². The van der Waals surface area contributed by atoms with Crippen molar-refractivity contribution in [1.29, 1.82) is 0 Å². The molecule has 0 radical (unpaired) electrons. The maximum absolute atomic E-state index is 5.80. The highest BCUT2D eigenvalue weighted by molar-refractivity contribution is 6.09. The van der Waals surface area contributed by atoms with Crippen LogP contribution in [0, 0.1) is 12.3 Å². The molecule has 0 aliphatic heterocycles. The molecule has 0 N–H and O–H groups in total. The van der Waals surface area contributed by atoms with Gasteiger partial charge in [0.2, 0.25) is 0 Å². The molecule has 2 heteroatoms. The third-order valence-electron chi connectivity index (χ3n) is 2.86. The van der Waals surface area contributed by atoms with Crippen molar-refractivity contribution in [2.45, 2.75) is 0 Å². The van der Waals surface area contributed by atoms with Crippen molar-refractivity contribution in [2.24, 2.45) is 0 Å². The number of rotatable bonds is 1. The molecule has 2 aromatic carbocycles. The number of fused-ring (bicyclic) bond motifs is 3. The van der Waals surface area contributed by atoms with Crippen molar-refractivity contribution in [3.05, 3.63) is 42.0 Å². The van der Waals surface area contributed by atoms with Crippen LogP contribution in [0.5, 0.6) is 5.75 Å². The number of hydrogen-bond donors (Lipinski definition) is 0. The molecule has 0 saturated carbocycles. The van der Waals surface area contributed by atoms with Crippen LogP contribution in [0.15, 0.2) is 40.8 Å². The van der Waals surface area contributed by atoms with Gasteiger partial charge in [-0.3, -0.25) is 0 Å². The second kappa shape index (κ2) is 3.57. The highest BCUT2D eigenvalue weighted by atomic mass is 16.5. The lowest BCUT2D eigenvalue weighted by molar-refractivity contribution is 0.412. The lowest BCUT2D eigenvalue weighted by Crippen LogP contribution is -1.81. The highest BCUT2D eigenvalue weighted by Crippen LogP contribution is 2.35. The monoisotopic (exact) mass is 222 g/mol. The van der Waals surface area contributed by atoms with Crippen molar-refractivity contribution < 1.29 is 9.15 Å². The first kappa shape index (κ1) is 9.80. The zero-order valence-electron chi connectivity index (χ0n) is 9.36. The Morgan fingerprint density at radius 1 is 1.18 bits per heavy atom. The van der Waals surface area contributed by atoms with Gasteiger partial charge in [-0.25, -0.2) is 0 Å². The Morgan fingerprint density at radius 3 is 2.76 bits per heavy atom. The van der Waals surface area contributed by atoms with Crippen LogP contribution < -0.4 is 4.74 Å². The molecule has 2 nitrogen and oxygen atoms in total. The molecule has 0 saturated heterocycles. The third-order valence-corrected chi connectivity index (χ3v) is 2.86. The molecular weight excluding hydrogens is 212 g/mol. The van der Waals surface area contributed by atoms with Gasteiger partial charge in [-0.05, 0) is 18.2 Å². The van der Waals surface area contributed by atoms with Crippen molar-refractivity contribution >= 4 is 21.9 Å². The molecule has 0 aliphatic carbocycles. The lowest BCUT2D eigenvalue weighted by Gasteiger charge is -1.98. The minimum Gasteiger partial charge on any atom is -0.493 e. The van der Waals surface area contributed by atoms with E-state index in [1.54, 1.807) is 7.11 Å². The van der Waals surface area contributed by atoms with Crippen LogP contribution in [0.2, 0.25) is 0 Å². The van der Waals surface area contributed by atoms with E-state index in [1.165, 1.54) is 0 Å².